The van der Waals surface area contributed by atoms with Crippen LogP contribution in [0.4, 0.5) is 0 Å². The second kappa shape index (κ2) is 5.38. The lowest BCUT2D eigenvalue weighted by atomic mass is 9.84. The van der Waals surface area contributed by atoms with Crippen LogP contribution in [0.25, 0.3) is 10.9 Å². The van der Waals surface area contributed by atoms with E-state index in [-0.39, 0.29) is 11.9 Å². The summed E-state index contributed by atoms with van der Waals surface area (Å²) in [5, 5.41) is 4.11. The van der Waals surface area contributed by atoms with Crippen molar-refractivity contribution in [3.05, 3.63) is 28.6 Å². The molecule has 0 radical (unpaired) electrons. The van der Waals surface area contributed by atoms with E-state index in [4.69, 9.17) is 6.42 Å². The number of nitrogens with one attached hydrogen (secondary N) is 1. The Hall–Kier alpha value is -1.90. The molecule has 0 aliphatic carbocycles. The number of fused-ring (bicyclic) bond motifs is 4. The Bertz CT molecular complexity index is 768. The second-order valence-corrected chi connectivity index (χ2v) is 6.88. The Morgan fingerprint density at radius 2 is 2.23 bits per heavy atom. The molecule has 2 bridgehead atoms. The molecule has 5 rings (SSSR count). The number of aromatic nitrogens is 1. The van der Waals surface area contributed by atoms with Gasteiger partial charge in [0.15, 0.2) is 0 Å². The minimum Gasteiger partial charge on any atom is -0.347 e. The molecule has 1 amide bonds. The number of carbonyl (C=O) groups excluding carboxylic acids is 1. The number of terminal acetylenes is 1. The number of piperidine rings is 3. The van der Waals surface area contributed by atoms with Gasteiger partial charge in [0.1, 0.15) is 4.88 Å². The van der Waals surface area contributed by atoms with Crippen LogP contribution in [0.15, 0.2) is 18.2 Å². The van der Waals surface area contributed by atoms with Gasteiger partial charge in [0.05, 0.1) is 5.52 Å². The molecule has 1 atom stereocenters. The molecule has 3 fully saturated rings. The van der Waals surface area contributed by atoms with Crippen LogP contribution in [0.2, 0.25) is 0 Å². The van der Waals surface area contributed by atoms with Crippen LogP contribution < -0.4 is 5.32 Å². The summed E-state index contributed by atoms with van der Waals surface area (Å²) in [7, 11) is 0. The van der Waals surface area contributed by atoms with Crippen molar-refractivity contribution < 1.29 is 4.79 Å². The maximum absolute atomic E-state index is 12.6. The smallest absolute Gasteiger partial charge is 0.263 e. The van der Waals surface area contributed by atoms with Gasteiger partial charge >= 0.3 is 0 Å². The third kappa shape index (κ3) is 2.29. The van der Waals surface area contributed by atoms with E-state index >= 15 is 0 Å². The Morgan fingerprint density at radius 3 is 2.91 bits per heavy atom. The first-order chi connectivity index (χ1) is 10.7. The van der Waals surface area contributed by atoms with E-state index in [0.29, 0.717) is 10.8 Å². The van der Waals surface area contributed by atoms with Crippen LogP contribution in [-0.4, -0.2) is 40.9 Å². The van der Waals surface area contributed by atoms with E-state index in [0.717, 1.165) is 23.0 Å². The van der Waals surface area contributed by atoms with Crippen molar-refractivity contribution in [2.75, 3.05) is 19.6 Å². The number of carbonyl (C=O) groups is 1. The van der Waals surface area contributed by atoms with Crippen molar-refractivity contribution in [2.24, 2.45) is 5.92 Å². The number of nitrogens with zero attached hydrogens (tertiary/aromatic N) is 2. The summed E-state index contributed by atoms with van der Waals surface area (Å²) in [5.74, 6) is 3.23. The second-order valence-electron chi connectivity index (χ2n) is 6.11. The third-order valence-electron chi connectivity index (χ3n) is 4.82. The third-order valence-corrected chi connectivity index (χ3v) is 5.70. The first-order valence-corrected chi connectivity index (χ1v) is 8.41. The first kappa shape index (κ1) is 13.7. The van der Waals surface area contributed by atoms with Crippen molar-refractivity contribution in [1.29, 1.82) is 0 Å². The van der Waals surface area contributed by atoms with Gasteiger partial charge in [-0.15, -0.1) is 6.42 Å². The van der Waals surface area contributed by atoms with Gasteiger partial charge in [0.2, 0.25) is 0 Å². The van der Waals surface area contributed by atoms with Gasteiger partial charge in [-0.2, -0.15) is 4.37 Å². The molecule has 1 N–H and O–H groups in total. The Morgan fingerprint density at radius 1 is 1.41 bits per heavy atom. The van der Waals surface area contributed by atoms with Gasteiger partial charge in [-0.25, -0.2) is 0 Å². The van der Waals surface area contributed by atoms with E-state index in [1.165, 1.54) is 37.5 Å². The summed E-state index contributed by atoms with van der Waals surface area (Å²) in [5.41, 5.74) is 1.60. The average molecular weight is 311 g/mol. The van der Waals surface area contributed by atoms with Gasteiger partial charge in [-0.3, -0.25) is 4.79 Å². The monoisotopic (exact) mass is 311 g/mol. The summed E-state index contributed by atoms with van der Waals surface area (Å²) >= 11 is 1.25. The molecular formula is C17H17N3OS. The maximum atomic E-state index is 12.6. The quantitative estimate of drug-likeness (QED) is 0.864. The molecular weight excluding hydrogens is 294 g/mol. The molecule has 22 heavy (non-hydrogen) atoms. The Labute approximate surface area is 133 Å². The standard InChI is InChI=1S/C17H17N3OS/c1-2-11-3-4-13-14(9-11)19-22-16(13)17(21)18-15-10-20-7-5-12(15)6-8-20/h1,3-4,9,12,15H,5-8,10H2,(H,18,21)/t15-/m0/s1. The summed E-state index contributed by atoms with van der Waals surface area (Å²) in [6, 6.07) is 5.90. The zero-order chi connectivity index (χ0) is 15.1. The van der Waals surface area contributed by atoms with Crippen molar-refractivity contribution in [3.63, 3.8) is 0 Å². The van der Waals surface area contributed by atoms with Crippen LogP contribution in [0.3, 0.4) is 0 Å². The molecule has 112 valence electrons. The highest BCUT2D eigenvalue weighted by Gasteiger charge is 2.35. The summed E-state index contributed by atoms with van der Waals surface area (Å²) in [4.78, 5) is 15.7. The SMILES string of the molecule is C#Cc1ccc2c(C(=O)N[C@H]3CN4CCC3CC4)snc2c1. The Kier molecular flexibility index (Phi) is 3.36. The number of benzene rings is 1. The fourth-order valence-electron chi connectivity index (χ4n) is 3.56. The lowest BCUT2D eigenvalue weighted by molar-refractivity contribution is 0.0623. The largest absolute Gasteiger partial charge is 0.347 e. The normalized spacial score (nSPS) is 26.8. The van der Waals surface area contributed by atoms with Gasteiger partial charge in [-0.1, -0.05) is 5.92 Å². The molecule has 2 aromatic rings. The van der Waals surface area contributed by atoms with Gasteiger partial charge < -0.3 is 10.2 Å². The van der Waals surface area contributed by atoms with Crippen molar-refractivity contribution in [3.8, 4) is 12.3 Å². The van der Waals surface area contributed by atoms with Crippen LogP contribution in [0, 0.1) is 18.3 Å². The molecule has 0 saturated carbocycles. The Balaban J connectivity index is 1.57. The zero-order valence-corrected chi connectivity index (χ0v) is 13.0. The molecule has 3 aliphatic rings. The molecule has 3 saturated heterocycles. The van der Waals surface area contributed by atoms with Crippen LogP contribution in [0.5, 0.6) is 0 Å². The zero-order valence-electron chi connectivity index (χ0n) is 12.2. The summed E-state index contributed by atoms with van der Waals surface area (Å²) < 4.78 is 4.36. The number of hydrogen-bond acceptors (Lipinski definition) is 4. The molecule has 1 aromatic heterocycles. The van der Waals surface area contributed by atoms with E-state index in [1.807, 2.05) is 18.2 Å². The predicted molar refractivity (Wildman–Crippen MR) is 88.0 cm³/mol. The number of amides is 1. The lowest BCUT2D eigenvalue weighted by Crippen LogP contribution is -2.57. The highest BCUT2D eigenvalue weighted by atomic mass is 32.1. The highest BCUT2D eigenvalue weighted by Crippen LogP contribution is 2.29. The topological polar surface area (TPSA) is 45.2 Å². The van der Waals surface area contributed by atoms with E-state index in [9.17, 15) is 4.79 Å². The molecule has 4 nitrogen and oxygen atoms in total. The van der Waals surface area contributed by atoms with Crippen molar-refractivity contribution in [1.82, 2.24) is 14.6 Å². The van der Waals surface area contributed by atoms with Crippen LogP contribution in [-0.2, 0) is 0 Å². The fraction of sp³-hybridized carbons (Fsp3) is 0.412. The lowest BCUT2D eigenvalue weighted by Gasteiger charge is -2.44. The minimum absolute atomic E-state index is 0.000271. The predicted octanol–water partition coefficient (Wildman–Crippen LogP) is 2.10. The van der Waals surface area contributed by atoms with Gasteiger partial charge in [0, 0.05) is 23.5 Å². The first-order valence-electron chi connectivity index (χ1n) is 7.64. The van der Waals surface area contributed by atoms with E-state index < -0.39 is 0 Å². The minimum atomic E-state index is -0.000271. The summed E-state index contributed by atoms with van der Waals surface area (Å²) in [6.45, 7) is 3.33. The molecule has 0 spiro atoms. The maximum Gasteiger partial charge on any atom is 0.263 e. The fourth-order valence-corrected chi connectivity index (χ4v) is 4.31. The molecule has 4 heterocycles. The molecule has 0 unspecified atom stereocenters. The van der Waals surface area contributed by atoms with Gasteiger partial charge in [-0.05, 0) is 61.6 Å². The average Bonchev–Trinajstić information content (AvgIpc) is 2.99. The summed E-state index contributed by atoms with van der Waals surface area (Å²) in [6.07, 6.45) is 7.80. The number of rotatable bonds is 2. The number of hydrogen-bond donors (Lipinski definition) is 1. The van der Waals surface area contributed by atoms with Crippen molar-refractivity contribution >= 4 is 28.3 Å². The van der Waals surface area contributed by atoms with Crippen LogP contribution in [0.1, 0.15) is 28.1 Å². The highest BCUT2D eigenvalue weighted by molar-refractivity contribution is 7.09. The van der Waals surface area contributed by atoms with Crippen LogP contribution >= 0.6 is 11.5 Å². The van der Waals surface area contributed by atoms with E-state index in [1.54, 1.807) is 0 Å². The molecule has 1 aromatic carbocycles. The van der Waals surface area contributed by atoms with E-state index in [2.05, 4.69) is 20.5 Å². The van der Waals surface area contributed by atoms with Gasteiger partial charge in [0.25, 0.3) is 5.91 Å². The van der Waals surface area contributed by atoms with Crippen molar-refractivity contribution in [2.45, 2.75) is 18.9 Å². The molecule has 3 aliphatic heterocycles. The molecule has 5 heteroatoms.